The number of furan rings is 1. The number of rotatable bonds is 5. The zero-order valence-corrected chi connectivity index (χ0v) is 20.4. The van der Waals surface area contributed by atoms with E-state index in [0.29, 0.717) is 27.1 Å². The van der Waals surface area contributed by atoms with E-state index in [1.54, 1.807) is 29.9 Å². The molecule has 0 N–H and O–H groups in total. The molecule has 2 fully saturated rings. The van der Waals surface area contributed by atoms with E-state index in [9.17, 15) is 14.9 Å². The largest absolute Gasteiger partial charge is 0.467 e. The zero-order chi connectivity index (χ0) is 23.5. The van der Waals surface area contributed by atoms with Crippen LogP contribution in [0, 0.1) is 18.3 Å². The Hall–Kier alpha value is -2.83. The van der Waals surface area contributed by atoms with Crippen molar-refractivity contribution in [3.8, 4) is 6.07 Å². The van der Waals surface area contributed by atoms with Crippen LogP contribution in [0.4, 0.5) is 5.82 Å². The smallest absolute Gasteiger partial charge is 0.270 e. The van der Waals surface area contributed by atoms with E-state index >= 15 is 0 Å². The van der Waals surface area contributed by atoms with Crippen LogP contribution in [0.2, 0.25) is 0 Å². The first-order valence-corrected chi connectivity index (χ1v) is 12.4. The molecular weight excluding hydrogens is 456 g/mol. The monoisotopic (exact) mass is 482 g/mol. The number of nitriles is 1. The SMILES string of the molecule is CCn1c(N2CCCCCC2)c(C=C2SC(=S)N(Cc3ccco3)C2=O)c(C)c(C#N)c1=O. The number of carbonyl (C=O) groups is 1. The molecular formula is C24H26N4O3S2. The van der Waals surface area contributed by atoms with E-state index in [0.717, 1.165) is 50.2 Å². The first-order valence-electron chi connectivity index (χ1n) is 11.2. The summed E-state index contributed by atoms with van der Waals surface area (Å²) in [5.74, 6) is 1.24. The number of anilines is 1. The van der Waals surface area contributed by atoms with Gasteiger partial charge >= 0.3 is 0 Å². The van der Waals surface area contributed by atoms with Crippen molar-refractivity contribution in [1.82, 2.24) is 9.47 Å². The van der Waals surface area contributed by atoms with E-state index in [1.165, 1.54) is 16.7 Å². The summed E-state index contributed by atoms with van der Waals surface area (Å²) < 4.78 is 7.52. The number of pyridine rings is 1. The van der Waals surface area contributed by atoms with Gasteiger partial charge in [0.1, 0.15) is 27.5 Å². The van der Waals surface area contributed by atoms with Crippen LogP contribution in [0.5, 0.6) is 0 Å². The van der Waals surface area contributed by atoms with Gasteiger partial charge in [-0.2, -0.15) is 5.26 Å². The third-order valence-electron chi connectivity index (χ3n) is 6.11. The van der Waals surface area contributed by atoms with Gasteiger partial charge in [-0.25, -0.2) is 0 Å². The Bertz CT molecular complexity index is 1200. The van der Waals surface area contributed by atoms with Crippen LogP contribution >= 0.6 is 24.0 Å². The number of hydrogen-bond acceptors (Lipinski definition) is 7. The topological polar surface area (TPSA) is 82.5 Å². The Kier molecular flexibility index (Phi) is 7.05. The van der Waals surface area contributed by atoms with Crippen molar-refractivity contribution < 1.29 is 9.21 Å². The lowest BCUT2D eigenvalue weighted by atomic mass is 10.0. The van der Waals surface area contributed by atoms with Gasteiger partial charge in [-0.3, -0.25) is 19.1 Å². The van der Waals surface area contributed by atoms with Crippen LogP contribution in [0.25, 0.3) is 6.08 Å². The summed E-state index contributed by atoms with van der Waals surface area (Å²) in [5.41, 5.74) is 1.18. The highest BCUT2D eigenvalue weighted by atomic mass is 32.2. The molecule has 0 atom stereocenters. The number of hydrogen-bond donors (Lipinski definition) is 0. The molecule has 2 aliphatic rings. The van der Waals surface area contributed by atoms with Gasteiger partial charge < -0.3 is 9.32 Å². The summed E-state index contributed by atoms with van der Waals surface area (Å²) in [4.78, 5) is 30.6. The van der Waals surface area contributed by atoms with Crippen molar-refractivity contribution in [1.29, 1.82) is 5.26 Å². The number of aromatic nitrogens is 1. The standard InChI is InChI=1S/C24H26N4O3S2/c1-3-27-21(26-10-6-4-5-7-11-26)18(16(2)19(14-25)22(27)29)13-20-23(30)28(24(32)33-20)15-17-9-8-12-31-17/h8-9,12-13H,3-7,10-11,15H2,1-2H3. The summed E-state index contributed by atoms with van der Waals surface area (Å²) in [6, 6.07) is 5.66. The van der Waals surface area contributed by atoms with Gasteiger partial charge in [0, 0.05) is 25.2 Å². The number of thioether (sulfide) groups is 1. The molecule has 7 nitrogen and oxygen atoms in total. The highest BCUT2D eigenvalue weighted by Crippen LogP contribution is 2.37. The van der Waals surface area contributed by atoms with Gasteiger partial charge in [-0.15, -0.1) is 0 Å². The maximum Gasteiger partial charge on any atom is 0.270 e. The molecule has 9 heteroatoms. The van der Waals surface area contributed by atoms with Gasteiger partial charge in [-0.05, 0) is 50.5 Å². The van der Waals surface area contributed by atoms with Gasteiger partial charge in [0.2, 0.25) is 0 Å². The first kappa shape index (κ1) is 23.3. The molecule has 0 aliphatic carbocycles. The van der Waals surface area contributed by atoms with Crippen LogP contribution in [0.3, 0.4) is 0 Å². The van der Waals surface area contributed by atoms with Crippen molar-refractivity contribution in [2.45, 2.75) is 52.6 Å². The number of thiocarbonyl (C=S) groups is 1. The van der Waals surface area contributed by atoms with Gasteiger partial charge in [0.25, 0.3) is 11.5 Å². The lowest BCUT2D eigenvalue weighted by Crippen LogP contribution is -2.35. The molecule has 0 saturated carbocycles. The molecule has 2 aliphatic heterocycles. The van der Waals surface area contributed by atoms with Crippen molar-refractivity contribution in [2.75, 3.05) is 18.0 Å². The lowest BCUT2D eigenvalue weighted by molar-refractivity contribution is -0.122. The normalized spacial score (nSPS) is 18.2. The molecule has 2 aromatic heterocycles. The Morgan fingerprint density at radius 2 is 1.97 bits per heavy atom. The van der Waals surface area contributed by atoms with Crippen LogP contribution in [0.15, 0.2) is 32.5 Å². The summed E-state index contributed by atoms with van der Waals surface area (Å²) in [6.07, 6.45) is 7.77. The third kappa shape index (κ3) is 4.50. The molecule has 0 bridgehead atoms. The van der Waals surface area contributed by atoms with Crippen molar-refractivity contribution in [3.63, 3.8) is 0 Å². The van der Waals surface area contributed by atoms with Crippen molar-refractivity contribution >= 4 is 46.1 Å². The van der Waals surface area contributed by atoms with Crippen molar-refractivity contribution in [3.05, 3.63) is 56.1 Å². The van der Waals surface area contributed by atoms with E-state index in [4.69, 9.17) is 16.6 Å². The maximum absolute atomic E-state index is 13.2. The van der Waals surface area contributed by atoms with Gasteiger partial charge in [-0.1, -0.05) is 36.8 Å². The van der Waals surface area contributed by atoms with E-state index in [2.05, 4.69) is 11.0 Å². The fourth-order valence-corrected chi connectivity index (χ4v) is 5.62. The molecule has 2 saturated heterocycles. The molecule has 4 rings (SSSR count). The first-order chi connectivity index (χ1) is 16.0. The molecule has 1 amide bonds. The maximum atomic E-state index is 13.2. The quantitative estimate of drug-likeness (QED) is 0.461. The predicted molar refractivity (Wildman–Crippen MR) is 134 cm³/mol. The molecule has 0 spiro atoms. The highest BCUT2D eigenvalue weighted by Gasteiger charge is 2.34. The summed E-state index contributed by atoms with van der Waals surface area (Å²) in [5, 5.41) is 9.72. The van der Waals surface area contributed by atoms with E-state index < -0.39 is 0 Å². The highest BCUT2D eigenvalue weighted by molar-refractivity contribution is 8.26. The zero-order valence-electron chi connectivity index (χ0n) is 18.8. The summed E-state index contributed by atoms with van der Waals surface area (Å²) >= 11 is 6.71. The van der Waals surface area contributed by atoms with Gasteiger partial charge in [0.05, 0.1) is 17.7 Å². The number of nitrogens with zero attached hydrogens (tertiary/aromatic N) is 4. The second-order valence-electron chi connectivity index (χ2n) is 8.15. The van der Waals surface area contributed by atoms with Gasteiger partial charge in [0.15, 0.2) is 0 Å². The molecule has 172 valence electrons. The second kappa shape index (κ2) is 9.98. The molecule has 33 heavy (non-hydrogen) atoms. The van der Waals surface area contributed by atoms with Crippen molar-refractivity contribution in [2.24, 2.45) is 0 Å². The lowest BCUT2D eigenvalue weighted by Gasteiger charge is -2.29. The molecule has 2 aromatic rings. The predicted octanol–water partition coefficient (Wildman–Crippen LogP) is 4.42. The second-order valence-corrected chi connectivity index (χ2v) is 9.82. The van der Waals surface area contributed by atoms with Crippen LogP contribution < -0.4 is 10.5 Å². The molecule has 0 radical (unpaired) electrons. The van der Waals surface area contributed by atoms with E-state index in [1.807, 2.05) is 13.0 Å². The molecule has 4 heterocycles. The number of carbonyl (C=O) groups excluding carboxylic acids is 1. The minimum Gasteiger partial charge on any atom is -0.467 e. The average Bonchev–Trinajstić information content (AvgIpc) is 3.30. The minimum atomic E-state index is -0.278. The third-order valence-corrected chi connectivity index (χ3v) is 7.49. The summed E-state index contributed by atoms with van der Waals surface area (Å²) in [6.45, 7) is 6.09. The minimum absolute atomic E-state index is 0.118. The van der Waals surface area contributed by atoms with Crippen LogP contribution in [0.1, 0.15) is 55.1 Å². The Morgan fingerprint density at radius 1 is 1.24 bits per heavy atom. The molecule has 0 aromatic carbocycles. The fraction of sp³-hybridized carbons (Fsp3) is 0.417. The Morgan fingerprint density at radius 3 is 2.58 bits per heavy atom. The van der Waals surface area contributed by atoms with Crippen LogP contribution in [-0.2, 0) is 17.9 Å². The number of amides is 1. The Balaban J connectivity index is 1.83. The Labute approximate surface area is 202 Å². The summed E-state index contributed by atoms with van der Waals surface area (Å²) in [7, 11) is 0. The van der Waals surface area contributed by atoms with Crippen LogP contribution in [-0.4, -0.2) is 32.8 Å². The van der Waals surface area contributed by atoms with E-state index in [-0.39, 0.29) is 23.6 Å². The molecule has 0 unspecified atom stereocenters. The fourth-order valence-electron chi connectivity index (χ4n) is 4.39. The average molecular weight is 483 g/mol.